The minimum absolute atomic E-state index is 0. The number of benzene rings is 1. The van der Waals surface area contributed by atoms with Crippen LogP contribution in [0, 0.1) is 11.8 Å². The molecule has 1 aliphatic heterocycles. The summed E-state index contributed by atoms with van der Waals surface area (Å²) < 4.78 is 0. The molecule has 3 N–H and O–H groups in total. The van der Waals surface area contributed by atoms with Gasteiger partial charge in [0.05, 0.1) is 5.54 Å². The first-order valence-corrected chi connectivity index (χ1v) is 9.29. The number of hydrogen-bond acceptors (Lipinski definition) is 3. The van der Waals surface area contributed by atoms with E-state index in [-0.39, 0.29) is 29.8 Å². The fraction of sp³-hybridized carbons (Fsp3) is 0.600. The summed E-state index contributed by atoms with van der Waals surface area (Å²) >= 11 is 0. The Labute approximate surface area is 162 Å². The largest absolute Gasteiger partial charge is 0.349 e. The first-order valence-electron chi connectivity index (χ1n) is 9.29. The van der Waals surface area contributed by atoms with Crippen molar-refractivity contribution in [1.82, 2.24) is 5.32 Å². The molecule has 3 rings (SSSR count). The first kappa shape index (κ1) is 20.7. The zero-order valence-electron chi connectivity index (χ0n) is 15.8. The number of anilines is 1. The summed E-state index contributed by atoms with van der Waals surface area (Å²) in [6.07, 6.45) is 2.75. The van der Waals surface area contributed by atoms with Crippen LogP contribution in [-0.4, -0.2) is 30.4 Å². The molecule has 1 aromatic rings. The molecule has 0 aromatic heterocycles. The molecule has 1 heterocycles. The molecule has 0 bridgehead atoms. The second-order valence-corrected chi connectivity index (χ2v) is 7.96. The summed E-state index contributed by atoms with van der Waals surface area (Å²) in [5.41, 5.74) is 7.60. The second-order valence-electron chi connectivity index (χ2n) is 7.96. The highest BCUT2D eigenvalue weighted by Crippen LogP contribution is 2.39. The number of amides is 2. The third kappa shape index (κ3) is 4.04. The molecule has 2 amide bonds. The van der Waals surface area contributed by atoms with Crippen LogP contribution < -0.4 is 16.0 Å². The van der Waals surface area contributed by atoms with Crippen LogP contribution in [0.25, 0.3) is 0 Å². The second kappa shape index (κ2) is 7.97. The fourth-order valence-electron chi connectivity index (χ4n) is 3.63. The number of rotatable bonds is 6. The van der Waals surface area contributed by atoms with Crippen LogP contribution in [0.3, 0.4) is 0 Å². The molecule has 1 saturated carbocycles. The molecule has 5 nitrogen and oxygen atoms in total. The molecule has 2 atom stereocenters. The highest BCUT2D eigenvalue weighted by molar-refractivity contribution is 6.09. The van der Waals surface area contributed by atoms with E-state index in [1.54, 1.807) is 4.90 Å². The lowest BCUT2D eigenvalue weighted by atomic mass is 9.94. The van der Waals surface area contributed by atoms with Gasteiger partial charge in [0.2, 0.25) is 11.8 Å². The van der Waals surface area contributed by atoms with Gasteiger partial charge in [-0.1, -0.05) is 26.0 Å². The standard InChI is InChI=1S/C20H29N3O2.ClH/c1-13(2)14-4-8-16(9-5-14)23-11-10-17(19(23)25)18(24)22-20(3,12-21)15-6-7-15;/h4-5,8-9,13,15,17H,6-7,10-12,21H2,1-3H3,(H,22,24);1H. The minimum atomic E-state index is -0.602. The topological polar surface area (TPSA) is 75.4 Å². The average molecular weight is 380 g/mol. The lowest BCUT2D eigenvalue weighted by Crippen LogP contribution is -2.55. The maximum absolute atomic E-state index is 12.8. The molecular formula is C20H30ClN3O2. The lowest BCUT2D eigenvalue weighted by Gasteiger charge is -2.30. The van der Waals surface area contributed by atoms with Gasteiger partial charge >= 0.3 is 0 Å². The fourth-order valence-corrected chi connectivity index (χ4v) is 3.63. The molecule has 2 fully saturated rings. The van der Waals surface area contributed by atoms with Crippen LogP contribution in [0.5, 0.6) is 0 Å². The smallest absolute Gasteiger partial charge is 0.239 e. The molecule has 2 unspecified atom stereocenters. The van der Waals surface area contributed by atoms with Gasteiger partial charge in [-0.3, -0.25) is 9.59 Å². The van der Waals surface area contributed by atoms with Crippen molar-refractivity contribution in [2.24, 2.45) is 17.6 Å². The van der Waals surface area contributed by atoms with Crippen LogP contribution in [0.2, 0.25) is 0 Å². The quantitative estimate of drug-likeness (QED) is 0.746. The molecule has 1 aromatic carbocycles. The van der Waals surface area contributed by atoms with Crippen molar-refractivity contribution in [2.75, 3.05) is 18.0 Å². The Morgan fingerprint density at radius 1 is 1.27 bits per heavy atom. The third-order valence-corrected chi connectivity index (χ3v) is 5.70. The molecule has 1 saturated heterocycles. The molecule has 2 aliphatic rings. The summed E-state index contributed by atoms with van der Waals surface area (Å²) in [5.74, 6) is 0.0152. The summed E-state index contributed by atoms with van der Waals surface area (Å²) in [5, 5.41) is 3.06. The Kier molecular flexibility index (Phi) is 6.35. The van der Waals surface area contributed by atoms with Gasteiger partial charge in [0.25, 0.3) is 0 Å². The van der Waals surface area contributed by atoms with Crippen molar-refractivity contribution in [3.63, 3.8) is 0 Å². The van der Waals surface area contributed by atoms with Crippen molar-refractivity contribution >= 4 is 29.9 Å². The van der Waals surface area contributed by atoms with Crippen LogP contribution in [-0.2, 0) is 9.59 Å². The van der Waals surface area contributed by atoms with Gasteiger partial charge < -0.3 is 16.0 Å². The van der Waals surface area contributed by atoms with E-state index in [0.717, 1.165) is 18.5 Å². The van der Waals surface area contributed by atoms with E-state index in [4.69, 9.17) is 5.73 Å². The van der Waals surface area contributed by atoms with Crippen LogP contribution in [0.4, 0.5) is 5.69 Å². The molecular weight excluding hydrogens is 350 g/mol. The van der Waals surface area contributed by atoms with Gasteiger partial charge in [-0.05, 0) is 55.7 Å². The SMILES string of the molecule is CC(C)c1ccc(N2CCC(C(=O)NC(C)(CN)C3CC3)C2=O)cc1.Cl. The molecule has 26 heavy (non-hydrogen) atoms. The third-order valence-electron chi connectivity index (χ3n) is 5.70. The van der Waals surface area contributed by atoms with Gasteiger partial charge in [0.1, 0.15) is 5.92 Å². The number of nitrogens with zero attached hydrogens (tertiary/aromatic N) is 1. The zero-order chi connectivity index (χ0) is 18.2. The van der Waals surface area contributed by atoms with Crippen LogP contribution in [0.15, 0.2) is 24.3 Å². The molecule has 1 aliphatic carbocycles. The predicted octanol–water partition coefficient (Wildman–Crippen LogP) is 2.83. The van der Waals surface area contributed by atoms with Gasteiger partial charge in [-0.25, -0.2) is 0 Å². The Morgan fingerprint density at radius 3 is 2.38 bits per heavy atom. The molecule has 0 spiro atoms. The Morgan fingerprint density at radius 2 is 1.88 bits per heavy atom. The Balaban J connectivity index is 0.00000243. The number of hydrogen-bond donors (Lipinski definition) is 2. The summed E-state index contributed by atoms with van der Waals surface area (Å²) in [7, 11) is 0. The number of halogens is 1. The summed E-state index contributed by atoms with van der Waals surface area (Å²) in [6, 6.07) is 8.06. The average Bonchev–Trinajstić information content (AvgIpc) is 3.38. The number of carbonyl (C=O) groups is 2. The summed E-state index contributed by atoms with van der Waals surface area (Å²) in [6.45, 7) is 7.27. The molecule has 0 radical (unpaired) electrons. The number of carbonyl (C=O) groups excluding carboxylic acids is 2. The van der Waals surface area contributed by atoms with E-state index in [0.29, 0.717) is 31.3 Å². The van der Waals surface area contributed by atoms with Crippen molar-refractivity contribution < 1.29 is 9.59 Å². The maximum atomic E-state index is 12.8. The molecule has 6 heteroatoms. The minimum Gasteiger partial charge on any atom is -0.349 e. The van der Waals surface area contributed by atoms with Crippen LogP contribution in [0.1, 0.15) is 51.5 Å². The van der Waals surface area contributed by atoms with Gasteiger partial charge in [0.15, 0.2) is 0 Å². The normalized spacial score (nSPS) is 22.1. The zero-order valence-corrected chi connectivity index (χ0v) is 16.6. The van der Waals surface area contributed by atoms with Crippen LogP contribution >= 0.6 is 12.4 Å². The monoisotopic (exact) mass is 379 g/mol. The summed E-state index contributed by atoms with van der Waals surface area (Å²) in [4.78, 5) is 27.2. The highest BCUT2D eigenvalue weighted by Gasteiger charge is 2.45. The highest BCUT2D eigenvalue weighted by atomic mass is 35.5. The van der Waals surface area contributed by atoms with Gasteiger partial charge in [-0.2, -0.15) is 0 Å². The molecule has 144 valence electrons. The Bertz CT molecular complexity index is 658. The van der Waals surface area contributed by atoms with E-state index in [2.05, 4.69) is 31.3 Å². The van der Waals surface area contributed by atoms with Crippen molar-refractivity contribution in [1.29, 1.82) is 0 Å². The van der Waals surface area contributed by atoms with E-state index in [1.165, 1.54) is 5.56 Å². The maximum Gasteiger partial charge on any atom is 0.239 e. The van der Waals surface area contributed by atoms with E-state index >= 15 is 0 Å². The first-order chi connectivity index (χ1) is 11.9. The number of nitrogens with two attached hydrogens (primary N) is 1. The van der Waals surface area contributed by atoms with Crippen molar-refractivity contribution in [2.45, 2.75) is 51.5 Å². The predicted molar refractivity (Wildman–Crippen MR) is 107 cm³/mol. The van der Waals surface area contributed by atoms with Crippen molar-refractivity contribution in [3.05, 3.63) is 29.8 Å². The lowest BCUT2D eigenvalue weighted by molar-refractivity contribution is -0.133. The Hall–Kier alpha value is -1.59. The van der Waals surface area contributed by atoms with Gasteiger partial charge in [0, 0.05) is 18.8 Å². The van der Waals surface area contributed by atoms with E-state index in [9.17, 15) is 9.59 Å². The van der Waals surface area contributed by atoms with E-state index < -0.39 is 5.92 Å². The van der Waals surface area contributed by atoms with E-state index in [1.807, 2.05) is 19.1 Å². The number of nitrogens with one attached hydrogen (secondary N) is 1. The van der Waals surface area contributed by atoms with Gasteiger partial charge in [-0.15, -0.1) is 12.4 Å². The van der Waals surface area contributed by atoms with Crippen molar-refractivity contribution in [3.8, 4) is 0 Å².